The third-order valence-corrected chi connectivity index (χ3v) is 7.19. The molecule has 2 aromatic carbocycles. The van der Waals surface area contributed by atoms with Gasteiger partial charge in [-0.3, -0.25) is 14.8 Å². The van der Waals surface area contributed by atoms with E-state index < -0.39 is 6.09 Å². The lowest BCUT2D eigenvalue weighted by Crippen LogP contribution is -2.41. The van der Waals surface area contributed by atoms with Gasteiger partial charge >= 0.3 is 6.09 Å². The number of halogens is 2. The van der Waals surface area contributed by atoms with Gasteiger partial charge in [0.2, 0.25) is 5.91 Å². The van der Waals surface area contributed by atoms with Crippen molar-refractivity contribution in [3.63, 3.8) is 0 Å². The third-order valence-electron chi connectivity index (χ3n) is 6.58. The topological polar surface area (TPSA) is 76.5 Å². The quantitative estimate of drug-likeness (QED) is 0.373. The van der Waals surface area contributed by atoms with Crippen molar-refractivity contribution in [1.29, 1.82) is 0 Å². The highest BCUT2D eigenvalue weighted by Gasteiger charge is 2.30. The number of aryl methyl sites for hydroxylation is 1. The van der Waals surface area contributed by atoms with Gasteiger partial charge in [-0.2, -0.15) is 5.10 Å². The lowest BCUT2D eigenvalue weighted by Gasteiger charge is -2.34. The summed E-state index contributed by atoms with van der Waals surface area (Å²) in [7, 11) is 1.79. The van der Waals surface area contributed by atoms with Gasteiger partial charge in [0.05, 0.1) is 21.4 Å². The Hall–Kier alpha value is -3.03. The number of amides is 2. The van der Waals surface area contributed by atoms with Gasteiger partial charge in [0.25, 0.3) is 0 Å². The van der Waals surface area contributed by atoms with E-state index in [1.54, 1.807) is 34.8 Å². The maximum atomic E-state index is 12.7. The summed E-state index contributed by atoms with van der Waals surface area (Å²) >= 11 is 12.8. The number of nitrogens with one attached hydrogen (secondary N) is 1. The van der Waals surface area contributed by atoms with E-state index in [1.807, 2.05) is 30.3 Å². The average Bonchev–Trinajstić information content (AvgIpc) is 3.21. The van der Waals surface area contributed by atoms with Crippen LogP contribution in [0.25, 0.3) is 0 Å². The van der Waals surface area contributed by atoms with Crippen LogP contribution in [-0.4, -0.2) is 28.3 Å². The Balaban J connectivity index is 1.41. The number of aromatic nitrogens is 2. The van der Waals surface area contributed by atoms with Crippen molar-refractivity contribution in [2.24, 2.45) is 13.0 Å². The van der Waals surface area contributed by atoms with E-state index in [9.17, 15) is 9.59 Å². The van der Waals surface area contributed by atoms with Crippen LogP contribution in [-0.2, 0) is 35.0 Å². The molecule has 9 heteroatoms. The smallest absolute Gasteiger partial charge is 0.413 e. The highest BCUT2D eigenvalue weighted by molar-refractivity contribution is 6.39. The Labute approximate surface area is 227 Å². The largest absolute Gasteiger partial charge is 0.444 e. The second-order valence-corrected chi connectivity index (χ2v) is 11.3. The van der Waals surface area contributed by atoms with Crippen molar-refractivity contribution in [3.05, 3.63) is 75.4 Å². The number of anilines is 2. The van der Waals surface area contributed by atoms with Crippen LogP contribution in [0.1, 0.15) is 50.4 Å². The van der Waals surface area contributed by atoms with Crippen LogP contribution in [0.3, 0.4) is 0 Å². The number of rotatable bonds is 6. The fourth-order valence-electron chi connectivity index (χ4n) is 4.49. The minimum atomic E-state index is -0.541. The van der Waals surface area contributed by atoms with E-state index in [2.05, 4.69) is 31.2 Å². The van der Waals surface area contributed by atoms with Gasteiger partial charge in [-0.15, -0.1) is 0 Å². The number of ether oxygens (including phenoxy) is 1. The predicted octanol–water partition coefficient (Wildman–Crippen LogP) is 6.76. The molecule has 0 saturated carbocycles. The van der Waals surface area contributed by atoms with Gasteiger partial charge in [-0.05, 0) is 42.0 Å². The molecule has 1 unspecified atom stereocenters. The van der Waals surface area contributed by atoms with E-state index >= 15 is 0 Å². The zero-order chi connectivity index (χ0) is 26.7. The molecule has 3 aromatic rings. The molecular formula is C28H32Cl2N4O3. The van der Waals surface area contributed by atoms with Crippen LogP contribution in [0.5, 0.6) is 0 Å². The molecule has 2 heterocycles. The molecular weight excluding hydrogens is 511 g/mol. The van der Waals surface area contributed by atoms with Crippen LogP contribution in [0.2, 0.25) is 10.0 Å². The molecule has 4 rings (SSSR count). The van der Waals surface area contributed by atoms with E-state index in [0.717, 1.165) is 29.7 Å². The van der Waals surface area contributed by atoms with Crippen molar-refractivity contribution in [2.75, 3.05) is 16.8 Å². The number of benzene rings is 2. The fourth-order valence-corrected chi connectivity index (χ4v) is 5.09. The number of carbonyl (C=O) groups excluding carboxylic acids is 2. The number of para-hydroxylation sites is 1. The molecule has 7 nitrogen and oxygen atoms in total. The maximum absolute atomic E-state index is 12.7. The van der Waals surface area contributed by atoms with E-state index in [-0.39, 0.29) is 23.8 Å². The Kier molecular flexibility index (Phi) is 8.14. The summed E-state index contributed by atoms with van der Waals surface area (Å²) in [5.41, 5.74) is 3.33. The second-order valence-electron chi connectivity index (χ2n) is 10.4. The van der Waals surface area contributed by atoms with Crippen molar-refractivity contribution in [1.82, 2.24) is 9.78 Å². The molecule has 1 saturated heterocycles. The predicted molar refractivity (Wildman–Crippen MR) is 147 cm³/mol. The van der Waals surface area contributed by atoms with Gasteiger partial charge in [0.15, 0.2) is 0 Å². The van der Waals surface area contributed by atoms with Crippen LogP contribution in [0.4, 0.5) is 16.3 Å². The molecule has 0 radical (unpaired) electrons. The normalized spacial score (nSPS) is 16.1. The summed E-state index contributed by atoms with van der Waals surface area (Å²) in [6, 6.07) is 15.0. The monoisotopic (exact) mass is 542 g/mol. The first-order valence-electron chi connectivity index (χ1n) is 12.3. The number of piperidine rings is 1. The second kappa shape index (κ2) is 11.2. The Morgan fingerprint density at radius 2 is 1.78 bits per heavy atom. The highest BCUT2D eigenvalue weighted by Crippen LogP contribution is 2.37. The van der Waals surface area contributed by atoms with Crippen LogP contribution < -0.4 is 10.2 Å². The van der Waals surface area contributed by atoms with Gasteiger partial charge in [-0.25, -0.2) is 4.79 Å². The van der Waals surface area contributed by atoms with Crippen LogP contribution in [0.15, 0.2) is 48.5 Å². The summed E-state index contributed by atoms with van der Waals surface area (Å²) in [6.45, 7) is 6.86. The zero-order valence-corrected chi connectivity index (χ0v) is 23.1. The van der Waals surface area contributed by atoms with Gasteiger partial charge in [0.1, 0.15) is 12.4 Å². The lowest BCUT2D eigenvalue weighted by molar-refractivity contribution is -0.120. The summed E-state index contributed by atoms with van der Waals surface area (Å²) in [6.07, 6.45) is 1.39. The molecule has 1 aliphatic heterocycles. The molecule has 1 fully saturated rings. The minimum Gasteiger partial charge on any atom is -0.444 e. The van der Waals surface area contributed by atoms with Gasteiger partial charge in [0, 0.05) is 31.5 Å². The molecule has 0 aliphatic carbocycles. The molecule has 2 amide bonds. The maximum Gasteiger partial charge on any atom is 0.413 e. The molecule has 37 heavy (non-hydrogen) atoms. The zero-order valence-electron chi connectivity index (χ0n) is 21.6. The third kappa shape index (κ3) is 6.46. The van der Waals surface area contributed by atoms with Crippen LogP contribution in [0, 0.1) is 5.92 Å². The number of carbonyl (C=O) groups is 2. The van der Waals surface area contributed by atoms with Gasteiger partial charge < -0.3 is 9.64 Å². The number of nitrogens with zero attached hydrogens (tertiary/aromatic N) is 3. The first kappa shape index (κ1) is 27.0. The summed E-state index contributed by atoms with van der Waals surface area (Å²) in [5.74, 6) is 0.808. The van der Waals surface area contributed by atoms with Crippen molar-refractivity contribution in [3.8, 4) is 0 Å². The standard InChI is InChI=1S/C28H32Cl2N4O3/c1-28(2,3)23-15-24(33(4)32-23)31-27(36)37-17-20-9-6-5-8-19(20)14-18-12-13-25(35)34(16-18)26-21(29)10-7-11-22(26)30/h5-11,15,18H,12-14,16-17H2,1-4H3,(H,31,36). The molecule has 0 spiro atoms. The molecule has 0 bridgehead atoms. The SMILES string of the molecule is Cn1nc(C(C)(C)C)cc1NC(=O)OCc1ccccc1CC1CCC(=O)N(c2c(Cl)cccc2Cl)C1. The summed E-state index contributed by atoms with van der Waals surface area (Å²) in [4.78, 5) is 27.0. The molecule has 1 atom stereocenters. The van der Waals surface area contributed by atoms with E-state index in [1.165, 1.54) is 0 Å². The molecule has 1 aromatic heterocycles. The lowest BCUT2D eigenvalue weighted by atomic mass is 9.89. The fraction of sp³-hybridized carbons (Fsp3) is 0.393. The van der Waals surface area contributed by atoms with E-state index in [4.69, 9.17) is 27.9 Å². The van der Waals surface area contributed by atoms with Crippen molar-refractivity contribution in [2.45, 2.75) is 52.1 Å². The summed E-state index contributed by atoms with van der Waals surface area (Å²) < 4.78 is 7.20. The summed E-state index contributed by atoms with van der Waals surface area (Å²) in [5, 5.41) is 8.19. The molecule has 1 aliphatic rings. The Bertz CT molecular complexity index is 1280. The Morgan fingerprint density at radius 3 is 2.43 bits per heavy atom. The first-order chi connectivity index (χ1) is 17.5. The van der Waals surface area contributed by atoms with Crippen LogP contribution >= 0.6 is 23.2 Å². The van der Waals surface area contributed by atoms with Gasteiger partial charge in [-0.1, -0.05) is 74.3 Å². The highest BCUT2D eigenvalue weighted by atomic mass is 35.5. The molecule has 196 valence electrons. The van der Waals surface area contributed by atoms with Crippen molar-refractivity contribution < 1.29 is 14.3 Å². The number of hydrogen-bond acceptors (Lipinski definition) is 4. The van der Waals surface area contributed by atoms with E-state index in [0.29, 0.717) is 34.5 Å². The Morgan fingerprint density at radius 1 is 1.11 bits per heavy atom. The minimum absolute atomic E-state index is 0.0179. The number of hydrogen-bond donors (Lipinski definition) is 1. The average molecular weight is 543 g/mol. The van der Waals surface area contributed by atoms with Crippen molar-refractivity contribution >= 4 is 46.7 Å². The molecule has 1 N–H and O–H groups in total. The first-order valence-corrected chi connectivity index (χ1v) is 13.1.